The highest BCUT2D eigenvalue weighted by Gasteiger charge is 2.32. The van der Waals surface area contributed by atoms with E-state index in [0.29, 0.717) is 42.8 Å². The van der Waals surface area contributed by atoms with E-state index in [1.807, 2.05) is 25.3 Å². The van der Waals surface area contributed by atoms with E-state index < -0.39 is 18.0 Å². The summed E-state index contributed by atoms with van der Waals surface area (Å²) < 4.78 is 43.4. The number of nitrogens with one attached hydrogen (secondary N) is 1. The summed E-state index contributed by atoms with van der Waals surface area (Å²) in [6.07, 6.45) is -2.82. The van der Waals surface area contributed by atoms with Crippen LogP contribution in [0.15, 0.2) is 36.5 Å². The van der Waals surface area contributed by atoms with Gasteiger partial charge in [-0.15, -0.1) is 13.2 Å². The van der Waals surface area contributed by atoms with Crippen LogP contribution in [-0.2, 0) is 0 Å². The summed E-state index contributed by atoms with van der Waals surface area (Å²) in [6, 6.07) is 7.12. The van der Waals surface area contributed by atoms with Crippen molar-refractivity contribution in [1.82, 2.24) is 14.8 Å². The second-order valence-corrected chi connectivity index (χ2v) is 8.71. The summed E-state index contributed by atoms with van der Waals surface area (Å²) in [4.78, 5) is 25.2. The number of carboxylic acid groups (broad SMARTS) is 1. The summed E-state index contributed by atoms with van der Waals surface area (Å²) in [5.74, 6) is -0.604. The van der Waals surface area contributed by atoms with Gasteiger partial charge in [-0.3, -0.25) is 4.79 Å². The fourth-order valence-electron chi connectivity index (χ4n) is 3.84. The molecule has 32 heavy (non-hydrogen) atoms. The Bertz CT molecular complexity index is 995. The van der Waals surface area contributed by atoms with Gasteiger partial charge in [0, 0.05) is 30.4 Å². The van der Waals surface area contributed by atoms with Gasteiger partial charge in [-0.2, -0.15) is 0 Å². The van der Waals surface area contributed by atoms with Crippen LogP contribution in [0.25, 0.3) is 11.1 Å². The highest BCUT2D eigenvalue weighted by molar-refractivity contribution is 5.95. The predicted octanol–water partition coefficient (Wildman–Crippen LogP) is 4.90. The van der Waals surface area contributed by atoms with Gasteiger partial charge in [0.05, 0.1) is 6.04 Å². The second-order valence-electron chi connectivity index (χ2n) is 8.71. The van der Waals surface area contributed by atoms with Crippen LogP contribution in [0.2, 0.25) is 0 Å². The van der Waals surface area contributed by atoms with Crippen LogP contribution in [0.5, 0.6) is 5.75 Å². The number of hydrogen-bond acceptors (Lipinski definition) is 3. The fourth-order valence-corrected chi connectivity index (χ4v) is 3.84. The standard InChI is InChI=1S/C22H26F3N3O4/c1-21(2,3)28(20(30)31)9-5-7-16-12-26-19(29)18-11-15(13-27(16)18)14-6-4-8-17(10-14)32-22(23,24)25/h4,6,8,10-11,13,16H,5,7,9,12H2,1-3H3,(H,26,29)(H,30,31)/t16-/m0/s1. The first kappa shape index (κ1) is 23.5. The molecule has 0 fully saturated rings. The first-order valence-corrected chi connectivity index (χ1v) is 10.2. The second kappa shape index (κ2) is 8.76. The minimum absolute atomic E-state index is 0.0957. The van der Waals surface area contributed by atoms with Gasteiger partial charge in [0.1, 0.15) is 11.4 Å². The van der Waals surface area contributed by atoms with E-state index >= 15 is 0 Å². The maximum atomic E-state index is 12.5. The quantitative estimate of drug-likeness (QED) is 0.652. The Morgan fingerprint density at radius 3 is 2.59 bits per heavy atom. The number of rotatable bonds is 6. The Labute approximate surface area is 183 Å². The molecule has 0 unspecified atom stereocenters. The zero-order chi connectivity index (χ0) is 23.7. The minimum Gasteiger partial charge on any atom is -0.465 e. The molecule has 2 heterocycles. The van der Waals surface area contributed by atoms with Crippen molar-refractivity contribution in [3.05, 3.63) is 42.2 Å². The number of nitrogens with zero attached hydrogens (tertiary/aromatic N) is 2. The van der Waals surface area contributed by atoms with E-state index in [1.54, 1.807) is 18.3 Å². The maximum absolute atomic E-state index is 12.5. The molecule has 1 aromatic heterocycles. The fraction of sp³-hybridized carbons (Fsp3) is 0.455. The van der Waals surface area contributed by atoms with Crippen molar-refractivity contribution in [1.29, 1.82) is 0 Å². The number of benzene rings is 1. The number of amides is 2. The summed E-state index contributed by atoms with van der Waals surface area (Å²) >= 11 is 0. The third-order valence-electron chi connectivity index (χ3n) is 5.33. The van der Waals surface area contributed by atoms with Crippen molar-refractivity contribution in [2.45, 2.75) is 51.6 Å². The third kappa shape index (κ3) is 5.54. The van der Waals surface area contributed by atoms with Crippen molar-refractivity contribution < 1.29 is 32.6 Å². The third-order valence-corrected chi connectivity index (χ3v) is 5.33. The Morgan fingerprint density at radius 1 is 1.25 bits per heavy atom. The Hall–Kier alpha value is -3.17. The van der Waals surface area contributed by atoms with E-state index in [1.165, 1.54) is 23.1 Å². The van der Waals surface area contributed by atoms with Crippen LogP contribution in [0.1, 0.15) is 50.1 Å². The van der Waals surface area contributed by atoms with Gasteiger partial charge in [-0.05, 0) is 57.4 Å². The van der Waals surface area contributed by atoms with Crippen LogP contribution in [0.4, 0.5) is 18.0 Å². The number of ether oxygens (including phenoxy) is 1. The number of aromatic nitrogens is 1. The first-order valence-electron chi connectivity index (χ1n) is 10.2. The lowest BCUT2D eigenvalue weighted by Crippen LogP contribution is -2.45. The highest BCUT2D eigenvalue weighted by atomic mass is 19.4. The van der Waals surface area contributed by atoms with Gasteiger partial charge in [-0.25, -0.2) is 4.79 Å². The summed E-state index contributed by atoms with van der Waals surface area (Å²) in [6.45, 7) is 6.22. The number of alkyl halides is 3. The topological polar surface area (TPSA) is 83.8 Å². The number of halogens is 3. The molecule has 2 amide bonds. The monoisotopic (exact) mass is 453 g/mol. The zero-order valence-electron chi connectivity index (χ0n) is 18.1. The van der Waals surface area contributed by atoms with Crippen molar-refractivity contribution in [2.24, 2.45) is 0 Å². The molecule has 0 saturated heterocycles. The molecule has 7 nitrogen and oxygen atoms in total. The predicted molar refractivity (Wildman–Crippen MR) is 112 cm³/mol. The van der Waals surface area contributed by atoms with Crippen molar-refractivity contribution in [3.8, 4) is 16.9 Å². The number of carbonyl (C=O) groups is 2. The lowest BCUT2D eigenvalue weighted by atomic mass is 10.0. The molecule has 3 rings (SSSR count). The Balaban J connectivity index is 1.78. The average molecular weight is 453 g/mol. The largest absolute Gasteiger partial charge is 0.573 e. The van der Waals surface area contributed by atoms with Gasteiger partial charge in [0.25, 0.3) is 5.91 Å². The molecular weight excluding hydrogens is 427 g/mol. The van der Waals surface area contributed by atoms with E-state index in [-0.39, 0.29) is 17.7 Å². The van der Waals surface area contributed by atoms with E-state index in [0.717, 1.165) is 0 Å². The van der Waals surface area contributed by atoms with Crippen LogP contribution in [0, 0.1) is 0 Å². The SMILES string of the molecule is CC(C)(C)N(CCC[C@H]1CNC(=O)c2cc(-c3cccc(OC(F)(F)F)c3)cn21)C(=O)O. The normalized spacial score (nSPS) is 16.3. The number of fused-ring (bicyclic) bond motifs is 1. The van der Waals surface area contributed by atoms with E-state index in [2.05, 4.69) is 10.1 Å². The Morgan fingerprint density at radius 2 is 1.97 bits per heavy atom. The van der Waals surface area contributed by atoms with Crippen molar-refractivity contribution in [2.75, 3.05) is 13.1 Å². The van der Waals surface area contributed by atoms with Crippen LogP contribution < -0.4 is 10.1 Å². The molecule has 2 aromatic rings. The molecule has 1 aromatic carbocycles. The molecule has 1 aliphatic heterocycles. The van der Waals surface area contributed by atoms with Gasteiger partial charge in [0.2, 0.25) is 0 Å². The molecule has 0 aliphatic carbocycles. The minimum atomic E-state index is -4.79. The van der Waals surface area contributed by atoms with E-state index in [9.17, 15) is 27.9 Å². The lowest BCUT2D eigenvalue weighted by molar-refractivity contribution is -0.274. The van der Waals surface area contributed by atoms with Gasteiger partial charge in [-0.1, -0.05) is 12.1 Å². The van der Waals surface area contributed by atoms with E-state index in [4.69, 9.17) is 0 Å². The maximum Gasteiger partial charge on any atom is 0.573 e. The molecule has 1 aliphatic rings. The van der Waals surface area contributed by atoms with Gasteiger partial charge >= 0.3 is 12.5 Å². The molecule has 0 radical (unpaired) electrons. The van der Waals surface area contributed by atoms with Crippen LogP contribution in [0.3, 0.4) is 0 Å². The van der Waals surface area contributed by atoms with Crippen molar-refractivity contribution in [3.63, 3.8) is 0 Å². The zero-order valence-corrected chi connectivity index (χ0v) is 18.1. The smallest absolute Gasteiger partial charge is 0.465 e. The molecule has 0 saturated carbocycles. The molecule has 10 heteroatoms. The molecule has 0 spiro atoms. The molecular formula is C22H26F3N3O4. The molecule has 174 valence electrons. The van der Waals surface area contributed by atoms with Gasteiger partial charge < -0.3 is 24.6 Å². The number of carbonyl (C=O) groups excluding carboxylic acids is 1. The number of hydrogen-bond donors (Lipinski definition) is 2. The van der Waals surface area contributed by atoms with Crippen LogP contribution in [-0.4, -0.2) is 51.6 Å². The highest BCUT2D eigenvalue weighted by Crippen LogP contribution is 2.32. The first-order chi connectivity index (χ1) is 14.8. The molecule has 1 atom stereocenters. The Kier molecular flexibility index (Phi) is 6.43. The van der Waals surface area contributed by atoms with Gasteiger partial charge in [0.15, 0.2) is 0 Å². The van der Waals surface area contributed by atoms with Crippen LogP contribution >= 0.6 is 0 Å². The lowest BCUT2D eigenvalue weighted by Gasteiger charge is -2.34. The summed E-state index contributed by atoms with van der Waals surface area (Å²) in [7, 11) is 0. The summed E-state index contributed by atoms with van der Waals surface area (Å²) in [5.41, 5.74) is 0.966. The van der Waals surface area contributed by atoms with Crippen molar-refractivity contribution >= 4 is 12.0 Å². The average Bonchev–Trinajstić information content (AvgIpc) is 3.11. The molecule has 2 N–H and O–H groups in total. The summed E-state index contributed by atoms with van der Waals surface area (Å²) in [5, 5.41) is 12.3. The molecule has 0 bridgehead atoms.